The third-order valence-electron chi connectivity index (χ3n) is 1.48. The summed E-state index contributed by atoms with van der Waals surface area (Å²) in [6.07, 6.45) is 0. The number of amides is 1. The summed E-state index contributed by atoms with van der Waals surface area (Å²) in [5, 5.41) is 7.07. The monoisotopic (exact) mass is 198 g/mol. The van der Waals surface area contributed by atoms with Gasteiger partial charge in [0.2, 0.25) is 5.91 Å². The Kier molecular flexibility index (Phi) is 3.94. The molecule has 70 valence electrons. The maximum atomic E-state index is 10.6. The summed E-state index contributed by atoms with van der Waals surface area (Å²) in [6.45, 7) is 0. The van der Waals surface area contributed by atoms with E-state index in [0.717, 1.165) is 0 Å². The highest BCUT2D eigenvalue weighted by atomic mass is 35.5. The van der Waals surface area contributed by atoms with Crippen LogP contribution in [0, 0.1) is 5.41 Å². The van der Waals surface area contributed by atoms with Gasteiger partial charge in [-0.15, -0.1) is 0 Å². The number of nitrogens with two attached hydrogens (primary N) is 2. The molecule has 0 fully saturated rings. The van der Waals surface area contributed by atoms with Crippen LogP contribution in [0.15, 0.2) is 24.3 Å². The fraction of sp³-hybridized carbons (Fsp3) is 0. The minimum Gasteiger partial charge on any atom is -1.00 e. The number of primary amides is 1. The van der Waals surface area contributed by atoms with E-state index in [1.165, 1.54) is 0 Å². The van der Waals surface area contributed by atoms with Crippen LogP contribution in [0.5, 0.6) is 0 Å². The Labute approximate surface area is 81.8 Å². The first-order valence-corrected chi connectivity index (χ1v) is 3.35. The molecule has 5 N–H and O–H groups in total. The van der Waals surface area contributed by atoms with Crippen molar-refractivity contribution in [2.24, 2.45) is 11.5 Å². The van der Waals surface area contributed by atoms with E-state index in [1.54, 1.807) is 24.3 Å². The van der Waals surface area contributed by atoms with Crippen molar-refractivity contribution in [3.05, 3.63) is 35.4 Å². The van der Waals surface area contributed by atoms with Gasteiger partial charge >= 0.3 is 0 Å². The van der Waals surface area contributed by atoms with Gasteiger partial charge in [-0.25, -0.2) is 0 Å². The van der Waals surface area contributed by atoms with Crippen LogP contribution in [0.2, 0.25) is 0 Å². The predicted octanol–water partition coefficient (Wildman–Crippen LogP) is -2.93. The zero-order valence-electron chi connectivity index (χ0n) is 6.75. The Hall–Kier alpha value is -1.55. The topological polar surface area (TPSA) is 93.0 Å². The van der Waals surface area contributed by atoms with Gasteiger partial charge in [0.1, 0.15) is 5.84 Å². The number of halogens is 1. The number of carbonyl (C=O) groups excluding carboxylic acids is 1. The number of benzene rings is 1. The molecule has 0 bridgehead atoms. The van der Waals surface area contributed by atoms with E-state index in [-0.39, 0.29) is 18.2 Å². The number of hydrogen-bond donors (Lipinski definition) is 3. The van der Waals surface area contributed by atoms with Gasteiger partial charge in [0.05, 0.1) is 0 Å². The molecule has 0 saturated heterocycles. The number of nitrogens with one attached hydrogen (secondary N) is 1. The van der Waals surface area contributed by atoms with Crippen LogP contribution in [0.25, 0.3) is 0 Å². The summed E-state index contributed by atoms with van der Waals surface area (Å²) >= 11 is 0. The molecule has 4 nitrogen and oxygen atoms in total. The third-order valence-corrected chi connectivity index (χ3v) is 1.48. The van der Waals surface area contributed by atoms with Crippen LogP contribution in [-0.4, -0.2) is 11.7 Å². The number of amidine groups is 1. The van der Waals surface area contributed by atoms with Crippen LogP contribution in [-0.2, 0) is 0 Å². The lowest BCUT2D eigenvalue weighted by Gasteiger charge is -1.98. The van der Waals surface area contributed by atoms with Crippen LogP contribution in [0.4, 0.5) is 0 Å². The molecule has 1 aromatic carbocycles. The van der Waals surface area contributed by atoms with Gasteiger partial charge in [0.15, 0.2) is 0 Å². The van der Waals surface area contributed by atoms with E-state index in [1.807, 2.05) is 0 Å². The summed E-state index contributed by atoms with van der Waals surface area (Å²) < 4.78 is 0. The molecular formula is C8H9ClN3O-. The molecule has 0 unspecified atom stereocenters. The molecule has 0 aromatic heterocycles. The smallest absolute Gasteiger partial charge is 0.248 e. The lowest BCUT2D eigenvalue weighted by atomic mass is 10.1. The molecule has 0 aliphatic carbocycles. The lowest BCUT2D eigenvalue weighted by molar-refractivity contribution is -0.0000111. The zero-order valence-corrected chi connectivity index (χ0v) is 7.51. The average molecular weight is 199 g/mol. The van der Waals surface area contributed by atoms with Crippen molar-refractivity contribution in [3.8, 4) is 0 Å². The zero-order chi connectivity index (χ0) is 9.14. The van der Waals surface area contributed by atoms with E-state index in [9.17, 15) is 4.79 Å². The second-order valence-electron chi connectivity index (χ2n) is 2.36. The summed E-state index contributed by atoms with van der Waals surface area (Å²) in [5.41, 5.74) is 11.2. The summed E-state index contributed by atoms with van der Waals surface area (Å²) in [4.78, 5) is 10.6. The van der Waals surface area contributed by atoms with Gasteiger partial charge in [-0.1, -0.05) is 12.1 Å². The highest BCUT2D eigenvalue weighted by Crippen LogP contribution is 2.02. The molecule has 0 saturated carbocycles. The van der Waals surface area contributed by atoms with Crippen molar-refractivity contribution in [2.75, 3.05) is 0 Å². The molecule has 13 heavy (non-hydrogen) atoms. The van der Waals surface area contributed by atoms with E-state index >= 15 is 0 Å². The number of carbonyl (C=O) groups is 1. The first kappa shape index (κ1) is 11.4. The minimum atomic E-state index is -0.481. The SMILES string of the molecule is N=C(N)c1ccc(C(N)=O)cc1.[Cl-]. The van der Waals surface area contributed by atoms with Crippen LogP contribution < -0.4 is 23.9 Å². The molecule has 0 heterocycles. The molecule has 0 aliphatic heterocycles. The number of nitrogen functional groups attached to an aromatic ring is 1. The molecular weight excluding hydrogens is 190 g/mol. The molecule has 0 spiro atoms. The largest absolute Gasteiger partial charge is 1.00 e. The Balaban J connectivity index is 0.00000144. The van der Waals surface area contributed by atoms with E-state index in [4.69, 9.17) is 16.9 Å². The Morgan fingerprint density at radius 1 is 1.08 bits per heavy atom. The van der Waals surface area contributed by atoms with Gasteiger partial charge in [0.25, 0.3) is 0 Å². The second-order valence-corrected chi connectivity index (χ2v) is 2.36. The molecule has 1 aromatic rings. The first-order chi connectivity index (χ1) is 5.61. The minimum absolute atomic E-state index is 0. The molecule has 0 aliphatic rings. The van der Waals surface area contributed by atoms with Gasteiger partial charge in [-0.3, -0.25) is 10.2 Å². The van der Waals surface area contributed by atoms with Crippen LogP contribution in [0.1, 0.15) is 15.9 Å². The average Bonchev–Trinajstić information content (AvgIpc) is 2.04. The predicted molar refractivity (Wildman–Crippen MR) is 46.0 cm³/mol. The first-order valence-electron chi connectivity index (χ1n) is 3.35. The van der Waals surface area contributed by atoms with E-state index in [0.29, 0.717) is 11.1 Å². The van der Waals surface area contributed by atoms with Gasteiger partial charge in [0, 0.05) is 11.1 Å². The molecule has 1 amide bonds. The number of hydrogen-bond acceptors (Lipinski definition) is 2. The van der Waals surface area contributed by atoms with Gasteiger partial charge in [-0.2, -0.15) is 0 Å². The maximum Gasteiger partial charge on any atom is 0.248 e. The molecule has 5 heteroatoms. The number of rotatable bonds is 2. The highest BCUT2D eigenvalue weighted by molar-refractivity contribution is 5.97. The van der Waals surface area contributed by atoms with Gasteiger partial charge < -0.3 is 23.9 Å². The van der Waals surface area contributed by atoms with Crippen LogP contribution in [0.3, 0.4) is 0 Å². The fourth-order valence-electron chi connectivity index (χ4n) is 0.814. The third kappa shape index (κ3) is 2.76. The molecule has 0 atom stereocenters. The summed E-state index contributed by atoms with van der Waals surface area (Å²) in [6, 6.07) is 6.25. The Morgan fingerprint density at radius 3 is 1.77 bits per heavy atom. The quantitative estimate of drug-likeness (QED) is 0.351. The maximum absolute atomic E-state index is 10.6. The Bertz CT molecular complexity index is 288. The highest BCUT2D eigenvalue weighted by Gasteiger charge is 2.00. The molecule has 0 radical (unpaired) electrons. The van der Waals surface area contributed by atoms with Crippen molar-refractivity contribution >= 4 is 11.7 Å². The Morgan fingerprint density at radius 2 is 1.46 bits per heavy atom. The van der Waals surface area contributed by atoms with Crippen molar-refractivity contribution in [3.63, 3.8) is 0 Å². The van der Waals surface area contributed by atoms with E-state index < -0.39 is 5.91 Å². The second kappa shape index (κ2) is 4.47. The summed E-state index contributed by atoms with van der Waals surface area (Å²) in [7, 11) is 0. The lowest BCUT2D eigenvalue weighted by Crippen LogP contribution is -3.00. The molecule has 1 rings (SSSR count). The van der Waals surface area contributed by atoms with Gasteiger partial charge in [-0.05, 0) is 12.1 Å². The van der Waals surface area contributed by atoms with E-state index in [2.05, 4.69) is 0 Å². The van der Waals surface area contributed by atoms with Crippen molar-refractivity contribution < 1.29 is 17.2 Å². The van der Waals surface area contributed by atoms with Crippen molar-refractivity contribution in [1.29, 1.82) is 5.41 Å². The van der Waals surface area contributed by atoms with Crippen molar-refractivity contribution in [2.45, 2.75) is 0 Å². The standard InChI is InChI=1S/C8H9N3O.ClH/c9-7(10)5-1-3-6(4-2-5)8(11)12;/h1-4H,(H3,9,10)(H2,11,12);1H/p-1. The van der Waals surface area contributed by atoms with Crippen LogP contribution >= 0.6 is 0 Å². The fourth-order valence-corrected chi connectivity index (χ4v) is 0.814. The van der Waals surface area contributed by atoms with Crippen molar-refractivity contribution in [1.82, 2.24) is 0 Å². The normalized spacial score (nSPS) is 8.62. The summed E-state index contributed by atoms with van der Waals surface area (Å²) in [5.74, 6) is -0.504.